The Labute approximate surface area is 175 Å². The molecule has 1 N–H and O–H groups in total. The van der Waals surface area contributed by atoms with Crippen LogP contribution in [0.1, 0.15) is 6.92 Å². The van der Waals surface area contributed by atoms with E-state index < -0.39 is 15.9 Å². The van der Waals surface area contributed by atoms with Gasteiger partial charge in [0.1, 0.15) is 5.75 Å². The molecule has 8 heteroatoms. The molecule has 6 nitrogen and oxygen atoms in total. The molecule has 29 heavy (non-hydrogen) atoms. The average molecular weight is 433 g/mol. The Morgan fingerprint density at radius 2 is 1.69 bits per heavy atom. The first-order valence-electron chi connectivity index (χ1n) is 9.00. The molecule has 152 valence electrons. The molecule has 0 bridgehead atoms. The summed E-state index contributed by atoms with van der Waals surface area (Å²) >= 11 is 6.04. The van der Waals surface area contributed by atoms with E-state index in [4.69, 9.17) is 16.3 Å². The highest BCUT2D eigenvalue weighted by Gasteiger charge is 2.26. The van der Waals surface area contributed by atoms with E-state index in [2.05, 4.69) is 5.32 Å². The topological polar surface area (TPSA) is 75.7 Å². The molecule has 0 fully saturated rings. The molecule has 0 aliphatic carbocycles. The minimum atomic E-state index is -3.91. The molecule has 3 aromatic rings. The summed E-state index contributed by atoms with van der Waals surface area (Å²) in [5.41, 5.74) is 0.427. The third-order valence-corrected chi connectivity index (χ3v) is 6.54. The maximum atomic E-state index is 13.1. The second kappa shape index (κ2) is 8.82. The fraction of sp³-hybridized carbons (Fsp3) is 0.190. The Morgan fingerprint density at radius 3 is 2.38 bits per heavy atom. The van der Waals surface area contributed by atoms with E-state index in [9.17, 15) is 13.2 Å². The number of halogens is 1. The van der Waals surface area contributed by atoms with Crippen LogP contribution in [-0.2, 0) is 14.8 Å². The Hall–Kier alpha value is -2.61. The summed E-state index contributed by atoms with van der Waals surface area (Å²) in [6.07, 6.45) is 0. The van der Waals surface area contributed by atoms with Crippen LogP contribution in [0, 0.1) is 0 Å². The summed E-state index contributed by atoms with van der Waals surface area (Å²) in [6, 6.07) is 17.0. The van der Waals surface area contributed by atoms with Gasteiger partial charge in [-0.2, -0.15) is 4.31 Å². The molecular weight excluding hydrogens is 412 g/mol. The number of carbonyl (C=O) groups excluding carboxylic acids is 1. The molecule has 0 aliphatic rings. The molecule has 3 aromatic carbocycles. The quantitative estimate of drug-likeness (QED) is 0.608. The van der Waals surface area contributed by atoms with Crippen LogP contribution >= 0.6 is 11.6 Å². The molecule has 1 amide bonds. The van der Waals surface area contributed by atoms with E-state index in [0.717, 1.165) is 4.31 Å². The number of fused-ring (bicyclic) bond motifs is 1. The maximum Gasteiger partial charge on any atom is 0.243 e. The van der Waals surface area contributed by atoms with E-state index in [1.165, 1.54) is 13.1 Å². The minimum Gasteiger partial charge on any atom is -0.493 e. The van der Waals surface area contributed by atoms with E-state index in [1.54, 1.807) is 42.5 Å². The second-order valence-corrected chi connectivity index (χ2v) is 8.75. The Balaban J connectivity index is 1.88. The van der Waals surface area contributed by atoms with Crippen molar-refractivity contribution in [2.24, 2.45) is 0 Å². The highest BCUT2D eigenvalue weighted by atomic mass is 35.5. The molecule has 3 rings (SSSR count). The van der Waals surface area contributed by atoms with Gasteiger partial charge in [-0.05, 0) is 31.2 Å². The van der Waals surface area contributed by atoms with E-state index >= 15 is 0 Å². The van der Waals surface area contributed by atoms with Gasteiger partial charge in [-0.25, -0.2) is 8.42 Å². The van der Waals surface area contributed by atoms with Gasteiger partial charge in [-0.15, -0.1) is 0 Å². The van der Waals surface area contributed by atoms with E-state index in [0.29, 0.717) is 33.8 Å². The predicted molar refractivity (Wildman–Crippen MR) is 115 cm³/mol. The van der Waals surface area contributed by atoms with Gasteiger partial charge < -0.3 is 10.1 Å². The number of nitrogens with one attached hydrogen (secondary N) is 1. The number of likely N-dealkylation sites (N-methyl/N-ethyl adjacent to an activating group) is 1. The first-order chi connectivity index (χ1) is 13.8. The number of ether oxygens (including phenoxy) is 1. The number of nitrogens with zero attached hydrogens (tertiary/aromatic N) is 1. The number of benzene rings is 3. The maximum absolute atomic E-state index is 13.1. The van der Waals surface area contributed by atoms with Crippen molar-refractivity contribution >= 4 is 44.0 Å². The molecule has 0 aliphatic heterocycles. The number of carbonyl (C=O) groups is 1. The summed E-state index contributed by atoms with van der Waals surface area (Å²) in [7, 11) is -2.54. The van der Waals surface area contributed by atoms with Crippen LogP contribution in [0.5, 0.6) is 5.75 Å². The molecule has 0 aromatic heterocycles. The lowest BCUT2D eigenvalue weighted by Gasteiger charge is -2.19. The van der Waals surface area contributed by atoms with Crippen molar-refractivity contribution in [1.29, 1.82) is 0 Å². The summed E-state index contributed by atoms with van der Waals surface area (Å²) in [5, 5.41) is 4.25. The van der Waals surface area contributed by atoms with Crippen LogP contribution in [0.15, 0.2) is 65.6 Å². The Bertz CT molecular complexity index is 1150. The monoisotopic (exact) mass is 432 g/mol. The molecule has 0 saturated carbocycles. The zero-order chi connectivity index (χ0) is 21.0. The zero-order valence-corrected chi connectivity index (χ0v) is 17.6. The molecule has 0 radical (unpaired) electrons. The summed E-state index contributed by atoms with van der Waals surface area (Å²) in [4.78, 5) is 12.5. The number of amides is 1. The SMILES string of the molecule is CCOc1ccc(S(=O)(=O)N(C)CC(=O)Nc2ccccc2Cl)c2ccccc12. The first-order valence-corrected chi connectivity index (χ1v) is 10.8. The van der Waals surface area contributed by atoms with Crippen molar-refractivity contribution in [3.05, 3.63) is 65.7 Å². The van der Waals surface area contributed by atoms with Crippen LogP contribution in [-0.4, -0.2) is 38.8 Å². The van der Waals surface area contributed by atoms with Gasteiger partial charge in [-0.3, -0.25) is 4.79 Å². The minimum absolute atomic E-state index is 0.115. The lowest BCUT2D eigenvalue weighted by Crippen LogP contribution is -2.35. The van der Waals surface area contributed by atoms with Crippen LogP contribution in [0.4, 0.5) is 5.69 Å². The van der Waals surface area contributed by atoms with Gasteiger partial charge in [0.05, 0.1) is 28.8 Å². The molecule has 0 saturated heterocycles. The van der Waals surface area contributed by atoms with Crippen molar-refractivity contribution in [3.63, 3.8) is 0 Å². The van der Waals surface area contributed by atoms with Gasteiger partial charge >= 0.3 is 0 Å². The van der Waals surface area contributed by atoms with Crippen molar-refractivity contribution in [2.75, 3.05) is 25.5 Å². The third kappa shape index (κ3) is 4.53. The lowest BCUT2D eigenvalue weighted by molar-refractivity contribution is -0.116. The number of hydrogen-bond donors (Lipinski definition) is 1. The molecular formula is C21H21ClN2O4S. The van der Waals surface area contributed by atoms with Crippen molar-refractivity contribution < 1.29 is 17.9 Å². The van der Waals surface area contributed by atoms with Gasteiger partial charge in [-0.1, -0.05) is 48.0 Å². The number of anilines is 1. The third-order valence-electron chi connectivity index (χ3n) is 4.35. The van der Waals surface area contributed by atoms with Gasteiger partial charge in [0.2, 0.25) is 15.9 Å². The standard InChI is InChI=1S/C21H21ClN2O4S/c1-3-28-19-12-13-20(16-9-5-4-8-15(16)19)29(26,27)24(2)14-21(25)23-18-11-7-6-10-17(18)22/h4-13H,3,14H2,1-2H3,(H,23,25). The fourth-order valence-corrected chi connectivity index (χ4v) is 4.46. The first kappa shape index (κ1) is 21.1. The van der Waals surface area contributed by atoms with Crippen LogP contribution in [0.25, 0.3) is 10.8 Å². The highest BCUT2D eigenvalue weighted by Crippen LogP contribution is 2.32. The number of sulfonamides is 1. The highest BCUT2D eigenvalue weighted by molar-refractivity contribution is 7.89. The van der Waals surface area contributed by atoms with Crippen molar-refractivity contribution in [2.45, 2.75) is 11.8 Å². The lowest BCUT2D eigenvalue weighted by atomic mass is 10.1. The number of para-hydroxylation sites is 1. The van der Waals surface area contributed by atoms with Crippen LogP contribution < -0.4 is 10.1 Å². The van der Waals surface area contributed by atoms with Gasteiger partial charge in [0.25, 0.3) is 0 Å². The normalized spacial score (nSPS) is 11.6. The van der Waals surface area contributed by atoms with Crippen LogP contribution in [0.2, 0.25) is 5.02 Å². The Kier molecular flexibility index (Phi) is 6.42. The van der Waals surface area contributed by atoms with Crippen molar-refractivity contribution in [3.8, 4) is 5.75 Å². The van der Waals surface area contributed by atoms with Gasteiger partial charge in [0.15, 0.2) is 0 Å². The summed E-state index contributed by atoms with van der Waals surface area (Å²) in [6.45, 7) is 1.98. The predicted octanol–water partition coefficient (Wildman–Crippen LogP) is 4.15. The smallest absolute Gasteiger partial charge is 0.243 e. The van der Waals surface area contributed by atoms with E-state index in [-0.39, 0.29) is 11.4 Å². The Morgan fingerprint density at radius 1 is 1.03 bits per heavy atom. The molecule has 0 atom stereocenters. The average Bonchev–Trinajstić information content (AvgIpc) is 2.70. The largest absolute Gasteiger partial charge is 0.493 e. The second-order valence-electron chi connectivity index (χ2n) is 6.33. The molecule has 0 heterocycles. The number of rotatable bonds is 7. The molecule has 0 unspecified atom stereocenters. The van der Waals surface area contributed by atoms with E-state index in [1.807, 2.05) is 19.1 Å². The summed E-state index contributed by atoms with van der Waals surface area (Å²) in [5.74, 6) is 0.126. The van der Waals surface area contributed by atoms with Gasteiger partial charge in [0, 0.05) is 17.8 Å². The fourth-order valence-electron chi connectivity index (χ4n) is 2.96. The van der Waals surface area contributed by atoms with Crippen molar-refractivity contribution in [1.82, 2.24) is 4.31 Å². The molecule has 0 spiro atoms. The summed E-state index contributed by atoms with van der Waals surface area (Å²) < 4.78 is 32.9. The number of hydrogen-bond acceptors (Lipinski definition) is 4. The van der Waals surface area contributed by atoms with Crippen LogP contribution in [0.3, 0.4) is 0 Å². The zero-order valence-electron chi connectivity index (χ0n) is 16.1.